The molecule has 2 unspecified atom stereocenters. The third-order valence-electron chi connectivity index (χ3n) is 3.19. The van der Waals surface area contributed by atoms with Crippen molar-refractivity contribution < 1.29 is 22.6 Å². The molecule has 0 heterocycles. The van der Waals surface area contributed by atoms with E-state index in [2.05, 4.69) is 10.6 Å². The van der Waals surface area contributed by atoms with E-state index < -0.39 is 27.3 Å². The van der Waals surface area contributed by atoms with Gasteiger partial charge in [0.15, 0.2) is 0 Å². The second-order valence-electron chi connectivity index (χ2n) is 5.93. The zero-order valence-corrected chi connectivity index (χ0v) is 14.0. The Morgan fingerprint density at radius 2 is 1.76 bits per heavy atom. The summed E-state index contributed by atoms with van der Waals surface area (Å²) in [5.74, 6) is -1.90. The number of carbonyl (C=O) groups is 2. The van der Waals surface area contributed by atoms with Gasteiger partial charge in [0, 0.05) is 24.4 Å². The molecule has 0 radical (unpaired) electrons. The fraction of sp³-hybridized carbons (Fsp3) is 0.846. The van der Waals surface area contributed by atoms with Gasteiger partial charge in [0.1, 0.15) is 0 Å². The highest BCUT2D eigenvalue weighted by atomic mass is 32.2. The number of hydrogen-bond acceptors (Lipinski definition) is 5. The Labute approximate surface area is 126 Å². The summed E-state index contributed by atoms with van der Waals surface area (Å²) in [5, 5.41) is 5.10. The van der Waals surface area contributed by atoms with Crippen molar-refractivity contribution in [1.29, 1.82) is 0 Å². The van der Waals surface area contributed by atoms with Crippen molar-refractivity contribution in [3.8, 4) is 0 Å². The number of nitrogens with one attached hydrogen (secondary N) is 2. The van der Waals surface area contributed by atoms with Crippen LogP contribution in [-0.2, 0) is 19.7 Å². The molecule has 0 bridgehead atoms. The fourth-order valence-electron chi connectivity index (χ4n) is 2.13. The first-order chi connectivity index (χ1) is 9.41. The van der Waals surface area contributed by atoms with E-state index in [0.717, 1.165) is 0 Å². The van der Waals surface area contributed by atoms with Gasteiger partial charge in [0.2, 0.25) is 11.8 Å². The fourth-order valence-corrected chi connectivity index (χ4v) is 3.09. The summed E-state index contributed by atoms with van der Waals surface area (Å²) in [5.41, 5.74) is -1.14. The molecule has 2 amide bonds. The Balaban J connectivity index is 4.68. The summed E-state index contributed by atoms with van der Waals surface area (Å²) in [7, 11) is -2.89. The van der Waals surface area contributed by atoms with Crippen molar-refractivity contribution in [2.75, 3.05) is 12.8 Å². The second kappa shape index (κ2) is 7.74. The van der Waals surface area contributed by atoms with E-state index in [1.165, 1.54) is 20.9 Å². The predicted octanol–water partition coefficient (Wildman–Crippen LogP) is 0.225. The van der Waals surface area contributed by atoms with Gasteiger partial charge in [0.05, 0.1) is 15.9 Å². The monoisotopic (exact) mass is 321 g/mol. The first-order valence-electron chi connectivity index (χ1n) is 6.89. The number of rotatable bonds is 8. The Kier molecular flexibility index (Phi) is 7.32. The van der Waals surface area contributed by atoms with E-state index in [-0.39, 0.29) is 17.7 Å². The lowest BCUT2D eigenvalue weighted by molar-refractivity contribution is -0.128. The van der Waals surface area contributed by atoms with Crippen LogP contribution in [-0.4, -0.2) is 43.1 Å². The topological polar surface area (TPSA) is 115 Å². The highest BCUT2D eigenvalue weighted by molar-refractivity contribution is 7.85. The van der Waals surface area contributed by atoms with Gasteiger partial charge in [-0.2, -0.15) is 0 Å². The van der Waals surface area contributed by atoms with Crippen LogP contribution < -0.4 is 10.6 Å². The average molecular weight is 321 g/mol. The summed E-state index contributed by atoms with van der Waals surface area (Å²) in [6.07, 6.45) is 0.970. The van der Waals surface area contributed by atoms with Crippen molar-refractivity contribution >= 4 is 21.9 Å². The van der Waals surface area contributed by atoms with Crippen molar-refractivity contribution in [2.45, 2.75) is 46.1 Å². The van der Waals surface area contributed by atoms with Crippen LogP contribution in [0.4, 0.5) is 0 Å². The molecule has 7 nitrogen and oxygen atoms in total. The molecule has 0 aromatic rings. The highest BCUT2D eigenvalue weighted by Gasteiger charge is 2.28. The minimum Gasteiger partial charge on any atom is -0.748 e. The van der Waals surface area contributed by atoms with E-state index >= 15 is 0 Å². The smallest absolute Gasteiger partial charge is 0.223 e. The molecule has 0 aliphatic rings. The molecule has 0 aliphatic heterocycles. The van der Waals surface area contributed by atoms with Crippen LogP contribution in [0.1, 0.15) is 40.5 Å². The standard InChI is InChI=1S/C13H26N2O5S/c1-6-10(12(17)14-5)7-9(2)11(16)15-13(3,4)8-21(18,19)20/h9-10H,6-8H2,1-5H3,(H,14,17)(H,15,16)(H,18,19,20)/p-1. The average Bonchev–Trinajstić information content (AvgIpc) is 2.30. The van der Waals surface area contributed by atoms with Gasteiger partial charge in [-0.1, -0.05) is 13.8 Å². The van der Waals surface area contributed by atoms with Gasteiger partial charge < -0.3 is 15.2 Å². The van der Waals surface area contributed by atoms with Crippen LogP contribution in [0, 0.1) is 11.8 Å². The maximum atomic E-state index is 12.1. The maximum absolute atomic E-state index is 12.1. The van der Waals surface area contributed by atoms with E-state index in [1.807, 2.05) is 6.92 Å². The quantitative estimate of drug-likeness (QED) is 0.621. The Hall–Kier alpha value is -1.15. The molecule has 0 aromatic heterocycles. The summed E-state index contributed by atoms with van der Waals surface area (Å²) >= 11 is 0. The minimum atomic E-state index is -4.43. The first-order valence-corrected chi connectivity index (χ1v) is 8.46. The molecule has 0 rings (SSSR count). The zero-order chi connectivity index (χ0) is 16.8. The molecule has 21 heavy (non-hydrogen) atoms. The van der Waals surface area contributed by atoms with Crippen molar-refractivity contribution in [3.05, 3.63) is 0 Å². The highest BCUT2D eigenvalue weighted by Crippen LogP contribution is 2.17. The lowest BCUT2D eigenvalue weighted by atomic mass is 9.91. The summed E-state index contributed by atoms with van der Waals surface area (Å²) < 4.78 is 32.4. The van der Waals surface area contributed by atoms with E-state index in [0.29, 0.717) is 12.8 Å². The normalized spacial score (nSPS) is 15.1. The summed E-state index contributed by atoms with van der Waals surface area (Å²) in [6, 6.07) is 0. The third-order valence-corrected chi connectivity index (χ3v) is 4.27. The number of carbonyl (C=O) groups excluding carboxylic acids is 2. The maximum Gasteiger partial charge on any atom is 0.223 e. The Morgan fingerprint density at radius 3 is 2.14 bits per heavy atom. The summed E-state index contributed by atoms with van der Waals surface area (Å²) in [4.78, 5) is 23.7. The zero-order valence-electron chi connectivity index (χ0n) is 13.2. The van der Waals surface area contributed by atoms with Crippen LogP contribution >= 0.6 is 0 Å². The van der Waals surface area contributed by atoms with Crippen LogP contribution in [0.3, 0.4) is 0 Å². The van der Waals surface area contributed by atoms with Gasteiger partial charge >= 0.3 is 0 Å². The predicted molar refractivity (Wildman–Crippen MR) is 78.4 cm³/mol. The van der Waals surface area contributed by atoms with Crippen molar-refractivity contribution in [2.24, 2.45) is 11.8 Å². The van der Waals surface area contributed by atoms with Crippen molar-refractivity contribution in [3.63, 3.8) is 0 Å². The lowest BCUT2D eigenvalue weighted by Crippen LogP contribution is -2.50. The largest absolute Gasteiger partial charge is 0.748 e. The minimum absolute atomic E-state index is 0.126. The molecular weight excluding hydrogens is 296 g/mol. The van der Waals surface area contributed by atoms with E-state index in [4.69, 9.17) is 0 Å². The third kappa shape index (κ3) is 8.01. The second-order valence-corrected chi connectivity index (χ2v) is 7.34. The molecular formula is C13H25N2O5S-. The van der Waals surface area contributed by atoms with Gasteiger partial charge in [0.25, 0.3) is 0 Å². The van der Waals surface area contributed by atoms with Crippen molar-refractivity contribution in [1.82, 2.24) is 10.6 Å². The molecule has 0 saturated heterocycles. The summed E-state index contributed by atoms with van der Waals surface area (Å²) in [6.45, 7) is 6.48. The van der Waals surface area contributed by atoms with Gasteiger partial charge in [-0.25, -0.2) is 8.42 Å². The first kappa shape index (κ1) is 19.9. The lowest BCUT2D eigenvalue weighted by Gasteiger charge is -2.29. The molecule has 0 fully saturated rings. The molecule has 124 valence electrons. The molecule has 0 aromatic carbocycles. The number of amides is 2. The molecule has 8 heteroatoms. The number of hydrogen-bond donors (Lipinski definition) is 2. The SMILES string of the molecule is CCC(CC(C)C(=O)NC(C)(C)CS(=O)(=O)[O-])C(=O)NC. The molecule has 2 atom stereocenters. The van der Waals surface area contributed by atoms with Gasteiger partial charge in [-0.3, -0.25) is 9.59 Å². The van der Waals surface area contributed by atoms with Crippen LogP contribution in [0.2, 0.25) is 0 Å². The van der Waals surface area contributed by atoms with Crippen LogP contribution in [0.15, 0.2) is 0 Å². The van der Waals surface area contributed by atoms with Gasteiger partial charge in [-0.05, 0) is 26.7 Å². The molecule has 0 spiro atoms. The van der Waals surface area contributed by atoms with E-state index in [1.54, 1.807) is 6.92 Å². The van der Waals surface area contributed by atoms with E-state index in [9.17, 15) is 22.6 Å². The molecule has 2 N–H and O–H groups in total. The van der Waals surface area contributed by atoms with Crippen LogP contribution in [0.25, 0.3) is 0 Å². The molecule has 0 saturated carbocycles. The van der Waals surface area contributed by atoms with Crippen LogP contribution in [0.5, 0.6) is 0 Å². The Morgan fingerprint density at radius 1 is 1.24 bits per heavy atom. The Bertz CT molecular complexity index is 473. The molecule has 0 aliphatic carbocycles. The van der Waals surface area contributed by atoms with Gasteiger partial charge in [-0.15, -0.1) is 0 Å².